The molecule has 1 aromatic carbocycles. The Labute approximate surface area is 194 Å². The summed E-state index contributed by atoms with van der Waals surface area (Å²) in [6.45, 7) is 17.5. The van der Waals surface area contributed by atoms with Crippen molar-refractivity contribution in [1.82, 2.24) is 0 Å². The van der Waals surface area contributed by atoms with E-state index in [0.717, 1.165) is 6.42 Å². The van der Waals surface area contributed by atoms with Gasteiger partial charge in [0.2, 0.25) is 0 Å². The molecule has 1 N–H and O–H groups in total. The van der Waals surface area contributed by atoms with Crippen molar-refractivity contribution in [3.63, 3.8) is 0 Å². The first-order valence-electron chi connectivity index (χ1n) is 11.9. The zero-order valence-corrected chi connectivity index (χ0v) is 21.2. The topological polar surface area (TPSA) is 73.9 Å². The van der Waals surface area contributed by atoms with E-state index >= 15 is 0 Å². The largest absolute Gasteiger partial charge is 0.492 e. The van der Waals surface area contributed by atoms with Gasteiger partial charge < -0.3 is 19.5 Å². The van der Waals surface area contributed by atoms with E-state index in [2.05, 4.69) is 33.0 Å². The molecule has 0 aliphatic rings. The molecule has 0 aromatic heterocycles. The molecule has 0 aliphatic heterocycles. The monoisotopic (exact) mass is 449 g/mol. The van der Waals surface area contributed by atoms with Gasteiger partial charge in [-0.2, -0.15) is 0 Å². The normalized spacial score (nSPS) is 11.8. The molecule has 0 atom stereocenters. The highest BCUT2D eigenvalue weighted by Crippen LogP contribution is 2.32. The van der Waals surface area contributed by atoms with Crippen LogP contribution in [0.15, 0.2) is 18.2 Å². The third-order valence-corrected chi connectivity index (χ3v) is 4.78. The molecule has 0 bridgehead atoms. The molecule has 6 heteroatoms. The highest BCUT2D eigenvalue weighted by atomic mass is 16.5. The van der Waals surface area contributed by atoms with E-state index in [9.17, 15) is 9.59 Å². The minimum Gasteiger partial charge on any atom is -0.492 e. The number of ether oxygens (including phenoxy) is 3. The van der Waals surface area contributed by atoms with Gasteiger partial charge in [0, 0.05) is 12.3 Å². The van der Waals surface area contributed by atoms with Crippen LogP contribution in [0.2, 0.25) is 0 Å². The van der Waals surface area contributed by atoms with E-state index in [-0.39, 0.29) is 12.5 Å². The fourth-order valence-electron chi connectivity index (χ4n) is 3.67. The molecular formula is C26H43NO5. The van der Waals surface area contributed by atoms with Crippen molar-refractivity contribution in [3.8, 4) is 5.75 Å². The number of esters is 1. The second-order valence-electron chi connectivity index (χ2n) is 9.63. The van der Waals surface area contributed by atoms with Crippen molar-refractivity contribution in [3.05, 3.63) is 23.8 Å². The molecule has 6 nitrogen and oxygen atoms in total. The van der Waals surface area contributed by atoms with Gasteiger partial charge in [-0.15, -0.1) is 0 Å². The lowest BCUT2D eigenvalue weighted by atomic mass is 9.83. The summed E-state index contributed by atoms with van der Waals surface area (Å²) in [4.78, 5) is 26.1. The zero-order chi connectivity index (χ0) is 24.3. The smallest absolute Gasteiger partial charge is 0.341 e. The molecule has 32 heavy (non-hydrogen) atoms. The Kier molecular flexibility index (Phi) is 11.8. The Morgan fingerprint density at radius 3 is 2.09 bits per heavy atom. The summed E-state index contributed by atoms with van der Waals surface area (Å²) in [6, 6.07) is 5.09. The molecule has 0 unspecified atom stereocenters. The SMILES string of the molecule is CCCOC(CC(C)C)(CC(C)C)C(=O)Nc1ccc(OCC(C)C)c(C(=O)OCC)c1. The standard InChI is InChI=1S/C26H43NO5/c1-9-13-32-26(15-18(3)4,16-19(5)6)25(29)27-21-11-12-23(31-17-20(7)8)22(14-21)24(28)30-10-2/h11-12,14,18-20H,9-10,13,15-17H2,1-8H3,(H,27,29). The Morgan fingerprint density at radius 2 is 1.59 bits per heavy atom. The summed E-state index contributed by atoms with van der Waals surface area (Å²) >= 11 is 0. The number of carbonyl (C=O) groups excluding carboxylic acids is 2. The fraction of sp³-hybridized carbons (Fsp3) is 0.692. The molecule has 0 saturated carbocycles. The first kappa shape index (κ1) is 28.0. The van der Waals surface area contributed by atoms with Gasteiger partial charge in [-0.05, 0) is 62.1 Å². The predicted molar refractivity (Wildman–Crippen MR) is 129 cm³/mol. The number of rotatable bonds is 14. The summed E-state index contributed by atoms with van der Waals surface area (Å²) in [5.74, 6) is 0.691. The lowest BCUT2D eigenvalue weighted by Crippen LogP contribution is -2.48. The first-order chi connectivity index (χ1) is 15.0. The van der Waals surface area contributed by atoms with Gasteiger partial charge in [0.05, 0.1) is 13.2 Å². The fourth-order valence-corrected chi connectivity index (χ4v) is 3.67. The van der Waals surface area contributed by atoms with Crippen molar-refractivity contribution in [2.45, 2.75) is 80.3 Å². The third kappa shape index (κ3) is 8.81. The lowest BCUT2D eigenvalue weighted by Gasteiger charge is -2.35. The summed E-state index contributed by atoms with van der Waals surface area (Å²) in [5, 5.41) is 3.00. The van der Waals surface area contributed by atoms with E-state index < -0.39 is 11.6 Å². The molecule has 0 spiro atoms. The van der Waals surface area contributed by atoms with Crippen molar-refractivity contribution >= 4 is 17.6 Å². The maximum atomic E-state index is 13.5. The Hall–Kier alpha value is -2.08. The minimum atomic E-state index is -0.921. The second kappa shape index (κ2) is 13.5. The van der Waals surface area contributed by atoms with E-state index in [1.54, 1.807) is 25.1 Å². The molecule has 1 aromatic rings. The first-order valence-corrected chi connectivity index (χ1v) is 11.9. The van der Waals surface area contributed by atoms with E-state index in [1.165, 1.54) is 0 Å². The second-order valence-corrected chi connectivity index (χ2v) is 9.63. The molecule has 0 radical (unpaired) electrons. The molecule has 0 heterocycles. The van der Waals surface area contributed by atoms with Crippen LogP contribution in [-0.4, -0.2) is 37.3 Å². The number of anilines is 1. The van der Waals surface area contributed by atoms with Gasteiger partial charge in [0.15, 0.2) is 0 Å². The molecule has 182 valence electrons. The van der Waals surface area contributed by atoms with Crippen LogP contribution in [0.1, 0.15) is 85.0 Å². The van der Waals surface area contributed by atoms with Gasteiger partial charge in [-0.1, -0.05) is 48.5 Å². The predicted octanol–water partition coefficient (Wildman–Crippen LogP) is 6.09. The number of hydrogen-bond donors (Lipinski definition) is 1. The maximum absolute atomic E-state index is 13.5. The van der Waals surface area contributed by atoms with Crippen LogP contribution in [0.25, 0.3) is 0 Å². The Bertz CT molecular complexity index is 717. The van der Waals surface area contributed by atoms with E-state index in [0.29, 0.717) is 60.8 Å². The van der Waals surface area contributed by atoms with Gasteiger partial charge in [0.25, 0.3) is 5.91 Å². The number of carbonyl (C=O) groups is 2. The average Bonchev–Trinajstić information content (AvgIpc) is 2.70. The maximum Gasteiger partial charge on any atom is 0.341 e. The van der Waals surface area contributed by atoms with Crippen molar-refractivity contribution in [1.29, 1.82) is 0 Å². The molecule has 0 aliphatic carbocycles. The van der Waals surface area contributed by atoms with Crippen LogP contribution in [0.3, 0.4) is 0 Å². The van der Waals surface area contributed by atoms with Gasteiger partial charge in [0.1, 0.15) is 16.9 Å². The summed E-state index contributed by atoms with van der Waals surface area (Å²) in [7, 11) is 0. The van der Waals surface area contributed by atoms with Crippen LogP contribution in [0.5, 0.6) is 5.75 Å². The van der Waals surface area contributed by atoms with Gasteiger partial charge >= 0.3 is 5.97 Å². The average molecular weight is 450 g/mol. The number of amides is 1. The van der Waals surface area contributed by atoms with E-state index in [1.807, 2.05) is 20.8 Å². The van der Waals surface area contributed by atoms with Gasteiger partial charge in [-0.3, -0.25) is 4.79 Å². The van der Waals surface area contributed by atoms with Crippen molar-refractivity contribution < 1.29 is 23.8 Å². The van der Waals surface area contributed by atoms with Crippen LogP contribution < -0.4 is 10.1 Å². The highest BCUT2D eigenvalue weighted by Gasteiger charge is 2.40. The van der Waals surface area contributed by atoms with Crippen LogP contribution in [-0.2, 0) is 14.3 Å². The third-order valence-electron chi connectivity index (χ3n) is 4.78. The summed E-state index contributed by atoms with van der Waals surface area (Å²) in [6.07, 6.45) is 2.08. The lowest BCUT2D eigenvalue weighted by molar-refractivity contribution is -0.147. The van der Waals surface area contributed by atoms with Crippen LogP contribution in [0.4, 0.5) is 5.69 Å². The van der Waals surface area contributed by atoms with E-state index in [4.69, 9.17) is 14.2 Å². The van der Waals surface area contributed by atoms with Crippen molar-refractivity contribution in [2.75, 3.05) is 25.1 Å². The number of hydrogen-bond acceptors (Lipinski definition) is 5. The molecule has 0 fully saturated rings. The number of nitrogens with one attached hydrogen (secondary N) is 1. The summed E-state index contributed by atoms with van der Waals surface area (Å²) < 4.78 is 17.2. The quantitative estimate of drug-likeness (QED) is 0.348. The molecule has 1 amide bonds. The summed E-state index contributed by atoms with van der Waals surface area (Å²) in [5.41, 5.74) is -0.0973. The molecule has 0 saturated heterocycles. The van der Waals surface area contributed by atoms with Crippen LogP contribution >= 0.6 is 0 Å². The zero-order valence-electron chi connectivity index (χ0n) is 21.2. The Morgan fingerprint density at radius 1 is 0.969 bits per heavy atom. The Balaban J connectivity index is 3.27. The minimum absolute atomic E-state index is 0.181. The molecule has 1 rings (SSSR count). The highest BCUT2D eigenvalue weighted by molar-refractivity contribution is 5.99. The van der Waals surface area contributed by atoms with Gasteiger partial charge in [-0.25, -0.2) is 4.79 Å². The van der Waals surface area contributed by atoms with Crippen molar-refractivity contribution in [2.24, 2.45) is 17.8 Å². The molecular weight excluding hydrogens is 406 g/mol. The van der Waals surface area contributed by atoms with Crippen LogP contribution in [0, 0.1) is 17.8 Å². The number of benzene rings is 1.